The first kappa shape index (κ1) is 13.5. The van der Waals surface area contributed by atoms with Gasteiger partial charge in [-0.25, -0.2) is 0 Å². The molecular formula is C20H26O. The lowest BCUT2D eigenvalue weighted by Crippen LogP contribution is -2.12. The lowest BCUT2D eigenvalue weighted by molar-refractivity contribution is 0.0945. The number of rotatable bonds is 0. The predicted molar refractivity (Wildman–Crippen MR) is 86.0 cm³/mol. The van der Waals surface area contributed by atoms with Gasteiger partial charge >= 0.3 is 0 Å². The molecular weight excluding hydrogens is 256 g/mol. The number of Topliss-reactive ketones (excluding diaryl/α,β-unsaturated/α-hetero) is 1. The van der Waals surface area contributed by atoms with Gasteiger partial charge in [-0.2, -0.15) is 0 Å². The van der Waals surface area contributed by atoms with E-state index in [1.165, 1.54) is 24.0 Å². The zero-order valence-electron chi connectivity index (χ0n) is 14.0. The first-order valence-electron chi connectivity index (χ1n) is 8.41. The molecule has 3 aliphatic rings. The quantitative estimate of drug-likeness (QED) is 0.693. The van der Waals surface area contributed by atoms with Crippen molar-refractivity contribution in [2.24, 2.45) is 16.7 Å². The molecule has 0 aliphatic heterocycles. The number of benzene rings is 1. The van der Waals surface area contributed by atoms with Gasteiger partial charge in [-0.3, -0.25) is 4.79 Å². The maximum Gasteiger partial charge on any atom is 0.166 e. The van der Waals surface area contributed by atoms with E-state index in [0.717, 1.165) is 24.8 Å². The summed E-state index contributed by atoms with van der Waals surface area (Å²) < 4.78 is 0. The molecule has 0 amide bonds. The van der Waals surface area contributed by atoms with Crippen molar-refractivity contribution in [1.82, 2.24) is 0 Å². The number of ketones is 1. The maximum atomic E-state index is 12.7. The van der Waals surface area contributed by atoms with E-state index in [2.05, 4.69) is 34.6 Å². The SMILES string of the molecule is CC1Cc2c3c(c4c(c2C1=O)CC(C)(C)C4)CC(C)(C)C3. The fourth-order valence-electron chi connectivity index (χ4n) is 5.07. The second-order valence-electron chi connectivity index (χ2n) is 9.27. The van der Waals surface area contributed by atoms with E-state index in [1.807, 2.05) is 0 Å². The lowest BCUT2D eigenvalue weighted by Gasteiger charge is -2.17. The smallest absolute Gasteiger partial charge is 0.166 e. The Morgan fingerprint density at radius 1 is 0.762 bits per heavy atom. The van der Waals surface area contributed by atoms with Crippen LogP contribution in [0.3, 0.4) is 0 Å². The molecule has 0 radical (unpaired) electrons. The normalized spacial score (nSPS) is 27.7. The van der Waals surface area contributed by atoms with Crippen LogP contribution in [0.25, 0.3) is 0 Å². The summed E-state index contributed by atoms with van der Waals surface area (Å²) in [7, 11) is 0. The van der Waals surface area contributed by atoms with Gasteiger partial charge in [-0.15, -0.1) is 0 Å². The molecule has 21 heavy (non-hydrogen) atoms. The Morgan fingerprint density at radius 3 is 1.76 bits per heavy atom. The number of hydrogen-bond donors (Lipinski definition) is 0. The largest absolute Gasteiger partial charge is 0.294 e. The van der Waals surface area contributed by atoms with E-state index in [9.17, 15) is 4.79 Å². The van der Waals surface area contributed by atoms with Crippen LogP contribution in [0.5, 0.6) is 0 Å². The molecule has 3 aliphatic carbocycles. The Labute approximate surface area is 128 Å². The molecule has 1 aromatic rings. The highest BCUT2D eigenvalue weighted by atomic mass is 16.1. The van der Waals surface area contributed by atoms with Crippen molar-refractivity contribution in [3.8, 4) is 0 Å². The summed E-state index contributed by atoms with van der Waals surface area (Å²) in [5.74, 6) is 0.620. The molecule has 0 aromatic heterocycles. The van der Waals surface area contributed by atoms with Crippen LogP contribution < -0.4 is 0 Å². The van der Waals surface area contributed by atoms with Crippen LogP contribution in [0.2, 0.25) is 0 Å². The minimum Gasteiger partial charge on any atom is -0.294 e. The van der Waals surface area contributed by atoms with Crippen molar-refractivity contribution in [3.63, 3.8) is 0 Å². The van der Waals surface area contributed by atoms with Gasteiger partial charge in [-0.1, -0.05) is 34.6 Å². The van der Waals surface area contributed by atoms with Gasteiger partial charge in [0.25, 0.3) is 0 Å². The highest BCUT2D eigenvalue weighted by Gasteiger charge is 2.44. The van der Waals surface area contributed by atoms with Crippen molar-refractivity contribution in [1.29, 1.82) is 0 Å². The first-order chi connectivity index (χ1) is 9.69. The summed E-state index contributed by atoms with van der Waals surface area (Å²) in [6.07, 6.45) is 5.61. The molecule has 0 saturated carbocycles. The van der Waals surface area contributed by atoms with Gasteiger partial charge in [-0.05, 0) is 70.8 Å². The number of hydrogen-bond acceptors (Lipinski definition) is 1. The molecule has 4 rings (SSSR count). The maximum absolute atomic E-state index is 12.7. The minimum atomic E-state index is 0.197. The van der Waals surface area contributed by atoms with E-state index in [4.69, 9.17) is 0 Å². The highest BCUT2D eigenvalue weighted by molar-refractivity contribution is 6.04. The molecule has 1 unspecified atom stereocenters. The van der Waals surface area contributed by atoms with E-state index < -0.39 is 0 Å². The van der Waals surface area contributed by atoms with Crippen LogP contribution in [0.15, 0.2) is 0 Å². The molecule has 0 saturated heterocycles. The van der Waals surface area contributed by atoms with Gasteiger partial charge in [0.1, 0.15) is 0 Å². The molecule has 0 bridgehead atoms. The van der Waals surface area contributed by atoms with Gasteiger partial charge in [0.05, 0.1) is 0 Å². The van der Waals surface area contributed by atoms with Crippen LogP contribution in [-0.2, 0) is 32.1 Å². The van der Waals surface area contributed by atoms with E-state index in [1.54, 1.807) is 16.7 Å². The second kappa shape index (κ2) is 3.80. The number of fused-ring (bicyclic) bond motifs is 6. The summed E-state index contributed by atoms with van der Waals surface area (Å²) >= 11 is 0. The average molecular weight is 282 g/mol. The summed E-state index contributed by atoms with van der Waals surface area (Å²) in [6, 6.07) is 0. The topological polar surface area (TPSA) is 17.1 Å². The summed E-state index contributed by atoms with van der Waals surface area (Å²) in [5, 5.41) is 0. The van der Waals surface area contributed by atoms with Crippen molar-refractivity contribution in [2.45, 2.75) is 66.7 Å². The van der Waals surface area contributed by atoms with Crippen LogP contribution in [-0.4, -0.2) is 5.78 Å². The third-order valence-corrected chi connectivity index (χ3v) is 5.89. The van der Waals surface area contributed by atoms with Crippen LogP contribution in [0.1, 0.15) is 72.8 Å². The second-order valence-corrected chi connectivity index (χ2v) is 9.27. The van der Waals surface area contributed by atoms with Crippen molar-refractivity contribution >= 4 is 5.78 Å². The van der Waals surface area contributed by atoms with Gasteiger partial charge in [0.2, 0.25) is 0 Å². The minimum absolute atomic E-state index is 0.197. The molecule has 0 heterocycles. The van der Waals surface area contributed by atoms with Crippen LogP contribution in [0, 0.1) is 16.7 Å². The number of carbonyl (C=O) groups is 1. The van der Waals surface area contributed by atoms with E-state index in [0.29, 0.717) is 16.6 Å². The van der Waals surface area contributed by atoms with Crippen molar-refractivity contribution < 1.29 is 4.79 Å². The Bertz CT molecular complexity index is 676. The molecule has 1 nitrogen and oxygen atoms in total. The predicted octanol–water partition coefficient (Wildman–Crippen LogP) is 4.31. The molecule has 1 heteroatoms. The third-order valence-electron chi connectivity index (χ3n) is 5.89. The molecule has 0 N–H and O–H groups in total. The molecule has 1 aromatic carbocycles. The van der Waals surface area contributed by atoms with E-state index in [-0.39, 0.29) is 5.92 Å². The highest BCUT2D eigenvalue weighted by Crippen LogP contribution is 2.50. The summed E-state index contributed by atoms with van der Waals surface area (Å²) in [6.45, 7) is 11.6. The Hall–Kier alpha value is -1.11. The van der Waals surface area contributed by atoms with Crippen molar-refractivity contribution in [2.75, 3.05) is 0 Å². The summed E-state index contributed by atoms with van der Waals surface area (Å²) in [5.41, 5.74) is 9.45. The lowest BCUT2D eigenvalue weighted by atomic mass is 9.88. The molecule has 1 atom stereocenters. The zero-order valence-corrected chi connectivity index (χ0v) is 14.0. The van der Waals surface area contributed by atoms with Crippen molar-refractivity contribution in [3.05, 3.63) is 33.4 Å². The average Bonchev–Trinajstić information content (AvgIpc) is 2.92. The zero-order chi connectivity index (χ0) is 15.2. The van der Waals surface area contributed by atoms with Gasteiger partial charge < -0.3 is 0 Å². The Morgan fingerprint density at radius 2 is 1.19 bits per heavy atom. The Balaban J connectivity index is 2.01. The van der Waals surface area contributed by atoms with Crippen LogP contribution in [0.4, 0.5) is 0 Å². The third kappa shape index (κ3) is 1.79. The molecule has 0 fully saturated rings. The van der Waals surface area contributed by atoms with Gasteiger partial charge in [0.15, 0.2) is 5.78 Å². The number of carbonyl (C=O) groups excluding carboxylic acids is 1. The molecule has 112 valence electrons. The van der Waals surface area contributed by atoms with E-state index >= 15 is 0 Å². The first-order valence-corrected chi connectivity index (χ1v) is 8.41. The van der Waals surface area contributed by atoms with Gasteiger partial charge in [0, 0.05) is 11.5 Å². The fourth-order valence-corrected chi connectivity index (χ4v) is 5.07. The monoisotopic (exact) mass is 282 g/mol. The standard InChI is InChI=1S/C20H26O/c1-11-6-12-13-7-19(2,3)8-14(13)15-9-20(4,5)10-16(15)17(12)18(11)21/h11H,6-10H2,1-5H3. The molecule has 0 spiro atoms. The van der Waals surface area contributed by atoms with Crippen LogP contribution >= 0.6 is 0 Å². The summed E-state index contributed by atoms with van der Waals surface area (Å²) in [4.78, 5) is 12.7. The Kier molecular flexibility index (Phi) is 2.45. The fraction of sp³-hybridized carbons (Fsp3) is 0.650.